The zero-order valence-electron chi connectivity index (χ0n) is 33.4. The first-order valence-electron chi connectivity index (χ1n) is 18.3. The van der Waals surface area contributed by atoms with Gasteiger partial charge in [-0.05, 0) is 58.9 Å². The van der Waals surface area contributed by atoms with Gasteiger partial charge < -0.3 is 29.1 Å². The van der Waals surface area contributed by atoms with Gasteiger partial charge in [0, 0.05) is 62.5 Å². The molecule has 0 aliphatic carbocycles. The van der Waals surface area contributed by atoms with Gasteiger partial charge in [0.15, 0.2) is 11.1 Å². The molecule has 2 fully saturated rings. The fraction of sp³-hybridized carbons (Fsp3) is 0.474. The molecule has 4 heterocycles. The predicted octanol–water partition coefficient (Wildman–Crippen LogP) is 2.18. The van der Waals surface area contributed by atoms with Gasteiger partial charge in [0.25, 0.3) is 23.6 Å². The van der Waals surface area contributed by atoms with Crippen LogP contribution in [0.4, 0.5) is 9.59 Å². The molecule has 3 N–H and O–H groups in total. The average Bonchev–Trinajstić information content (AvgIpc) is 3.59. The Bertz CT molecular complexity index is 1990. The molecule has 2 unspecified atom stereocenters. The lowest BCUT2D eigenvalue weighted by atomic mass is 9.89. The molecule has 0 spiro atoms. The van der Waals surface area contributed by atoms with E-state index in [1.807, 2.05) is 0 Å². The van der Waals surface area contributed by atoms with Gasteiger partial charge in [-0.3, -0.25) is 29.6 Å². The fourth-order valence-corrected chi connectivity index (χ4v) is 6.60. The number of hydrogen-bond acceptors (Lipinski definition) is 13. The van der Waals surface area contributed by atoms with Crippen LogP contribution in [0.3, 0.4) is 0 Å². The Morgan fingerprint density at radius 3 is 1.34 bits per heavy atom. The summed E-state index contributed by atoms with van der Waals surface area (Å²) in [6, 6.07) is 12.9. The van der Waals surface area contributed by atoms with Gasteiger partial charge in [-0.2, -0.15) is 20.3 Å². The van der Waals surface area contributed by atoms with Crippen LogP contribution >= 0.6 is 0 Å². The van der Waals surface area contributed by atoms with E-state index in [0.29, 0.717) is 74.9 Å². The molecule has 4 aliphatic rings. The summed E-state index contributed by atoms with van der Waals surface area (Å²) in [4.78, 5) is 77.5. The van der Waals surface area contributed by atoms with Gasteiger partial charge in [0.05, 0.1) is 26.4 Å². The van der Waals surface area contributed by atoms with Crippen molar-refractivity contribution in [2.75, 3.05) is 66.7 Å². The van der Waals surface area contributed by atoms with Crippen molar-refractivity contribution >= 4 is 47.2 Å². The first-order chi connectivity index (χ1) is 27.2. The van der Waals surface area contributed by atoms with Crippen molar-refractivity contribution in [1.82, 2.24) is 29.9 Å². The molecule has 312 valence electrons. The van der Waals surface area contributed by atoms with E-state index in [-0.39, 0.29) is 33.4 Å². The van der Waals surface area contributed by atoms with Gasteiger partial charge in [-0.25, -0.2) is 19.6 Å². The molecule has 0 saturated carbocycles. The Morgan fingerprint density at radius 2 is 1.02 bits per heavy atom. The van der Waals surface area contributed by atoms with Crippen LogP contribution in [0, 0.1) is 0 Å². The number of hydrazone groups is 2. The molecule has 58 heavy (non-hydrogen) atoms. The summed E-state index contributed by atoms with van der Waals surface area (Å²) in [5.74, 6) is -1.53. The van der Waals surface area contributed by atoms with E-state index in [1.54, 1.807) is 79.1 Å². The molecule has 20 heteroatoms. The topological polar surface area (TPSA) is 235 Å². The highest BCUT2D eigenvalue weighted by Crippen LogP contribution is 2.31. The number of carboxylic acid groups (broad SMARTS) is 1. The summed E-state index contributed by atoms with van der Waals surface area (Å²) < 4.78 is 15.7. The predicted molar refractivity (Wildman–Crippen MR) is 203 cm³/mol. The highest BCUT2D eigenvalue weighted by atomic mass is 16.6. The molecule has 6 rings (SSSR count). The minimum absolute atomic E-state index is 0.0511. The van der Waals surface area contributed by atoms with Gasteiger partial charge in [-0.1, -0.05) is 24.3 Å². The van der Waals surface area contributed by atoms with Gasteiger partial charge in [0.2, 0.25) is 0 Å². The van der Waals surface area contributed by atoms with Crippen LogP contribution in [0.1, 0.15) is 66.5 Å². The second-order valence-corrected chi connectivity index (χ2v) is 15.0. The number of ether oxygens (including phenoxy) is 3. The van der Waals surface area contributed by atoms with E-state index in [0.717, 1.165) is 10.0 Å². The maximum absolute atomic E-state index is 12.8. The second kappa shape index (κ2) is 16.9. The molecule has 6 amide bonds. The molecule has 2 aromatic rings. The lowest BCUT2D eigenvalue weighted by Gasteiger charge is -2.33. The van der Waals surface area contributed by atoms with E-state index in [9.17, 15) is 39.2 Å². The number of carbonyl (C=O) groups excluding carboxylic acids is 5. The first kappa shape index (κ1) is 43.2. The SMILES string of the molecule is CN1N=C(c2ccc(C(=O)N3CCOCC3)cc2)C(C)(N(O)C(=O)O)C1=O.CN1N=C(c2ccc(C(=O)N3CCOCC3)cc2)C(C)(N(O)C(=O)OC(C)(C)C)C1=O. The molecule has 2 saturated heterocycles. The molecule has 2 atom stereocenters. The Balaban J connectivity index is 0.000000223. The molecule has 20 nitrogen and oxygen atoms in total. The monoisotopic (exact) mass is 808 g/mol. The van der Waals surface area contributed by atoms with Crippen LogP contribution in [0.2, 0.25) is 0 Å². The van der Waals surface area contributed by atoms with E-state index in [4.69, 9.17) is 19.3 Å². The maximum atomic E-state index is 12.8. The van der Waals surface area contributed by atoms with Crippen molar-refractivity contribution in [2.45, 2.75) is 51.3 Å². The molecule has 0 aromatic heterocycles. The van der Waals surface area contributed by atoms with Gasteiger partial charge in [0.1, 0.15) is 17.0 Å². The smallest absolute Gasteiger partial charge is 0.435 e. The average molecular weight is 809 g/mol. The summed E-state index contributed by atoms with van der Waals surface area (Å²) in [6.07, 6.45) is -2.74. The first-order valence-corrected chi connectivity index (χ1v) is 18.3. The van der Waals surface area contributed by atoms with Crippen LogP contribution in [-0.2, 0) is 23.8 Å². The minimum atomic E-state index is -1.88. The summed E-state index contributed by atoms with van der Waals surface area (Å²) in [5, 5.41) is 40.3. The summed E-state index contributed by atoms with van der Waals surface area (Å²) in [6.45, 7) is 11.7. The van der Waals surface area contributed by atoms with E-state index < -0.39 is 40.7 Å². The number of benzene rings is 2. The third kappa shape index (κ3) is 8.49. The largest absolute Gasteiger partial charge is 0.463 e. The van der Waals surface area contributed by atoms with Crippen molar-refractivity contribution in [1.29, 1.82) is 0 Å². The number of nitrogens with zero attached hydrogens (tertiary/aromatic N) is 8. The number of hydrogen-bond donors (Lipinski definition) is 3. The van der Waals surface area contributed by atoms with Crippen LogP contribution < -0.4 is 0 Å². The van der Waals surface area contributed by atoms with Crippen molar-refractivity contribution in [3.63, 3.8) is 0 Å². The highest BCUT2D eigenvalue weighted by Gasteiger charge is 2.55. The zero-order valence-corrected chi connectivity index (χ0v) is 33.4. The van der Waals surface area contributed by atoms with Gasteiger partial charge >= 0.3 is 12.2 Å². The van der Waals surface area contributed by atoms with Crippen LogP contribution in [0.5, 0.6) is 0 Å². The molecule has 0 radical (unpaired) electrons. The Labute approximate surface area is 334 Å². The third-order valence-electron chi connectivity index (χ3n) is 9.84. The van der Waals surface area contributed by atoms with Crippen LogP contribution in [0.25, 0.3) is 0 Å². The van der Waals surface area contributed by atoms with Crippen molar-refractivity contribution in [3.05, 3.63) is 70.8 Å². The number of likely N-dealkylation sites (N-methyl/N-ethyl adjacent to an activating group) is 2. The van der Waals surface area contributed by atoms with Crippen LogP contribution in [0.15, 0.2) is 58.7 Å². The molecular formula is C38H48N8O12. The molecule has 4 aliphatic heterocycles. The lowest BCUT2D eigenvalue weighted by molar-refractivity contribution is -0.162. The molecule has 0 bridgehead atoms. The van der Waals surface area contributed by atoms with Crippen molar-refractivity contribution in [3.8, 4) is 0 Å². The highest BCUT2D eigenvalue weighted by molar-refractivity contribution is 6.25. The molecular weight excluding hydrogens is 760 g/mol. The number of rotatable bonds is 6. The summed E-state index contributed by atoms with van der Waals surface area (Å²) in [7, 11) is 2.81. The summed E-state index contributed by atoms with van der Waals surface area (Å²) >= 11 is 0. The van der Waals surface area contributed by atoms with E-state index in [1.165, 1.54) is 27.9 Å². The number of carbonyl (C=O) groups is 6. The number of amides is 6. The van der Waals surface area contributed by atoms with E-state index in [2.05, 4.69) is 10.2 Å². The Morgan fingerprint density at radius 1 is 0.672 bits per heavy atom. The van der Waals surface area contributed by atoms with E-state index >= 15 is 0 Å². The van der Waals surface area contributed by atoms with Crippen molar-refractivity contribution < 1.29 is 58.5 Å². The standard InChI is InChI=1S/C21H28N4O6.C17H20N4O6/c1-20(2,3)31-19(28)25(29)21(4)16(22-23(5)18(21)27)14-6-8-15(9-7-14)17(26)24-10-12-30-13-11-24;1-17(21(26)16(24)25)13(18-19(2)15(17)23)11-3-5-12(6-4-11)14(22)20-7-9-27-10-8-20/h6-9,29H,10-13H2,1-5H3;3-6,26H,7-10H2,1-2H3,(H,24,25). The summed E-state index contributed by atoms with van der Waals surface area (Å²) in [5.41, 5.74) is -2.43. The quantitative estimate of drug-likeness (QED) is 0.282. The van der Waals surface area contributed by atoms with Crippen molar-refractivity contribution in [2.24, 2.45) is 10.2 Å². The maximum Gasteiger partial charge on any atom is 0.435 e. The number of morpholine rings is 2. The van der Waals surface area contributed by atoms with Crippen LogP contribution in [-0.4, -0.2) is 176 Å². The minimum Gasteiger partial charge on any atom is -0.463 e. The third-order valence-corrected chi connectivity index (χ3v) is 9.84. The number of hydroxylamine groups is 4. The van der Waals surface area contributed by atoms with Gasteiger partial charge in [-0.15, -0.1) is 0 Å². The normalized spacial score (nSPS) is 22.2. The Kier molecular flexibility index (Phi) is 12.6. The lowest BCUT2D eigenvalue weighted by Crippen LogP contribution is -2.59. The fourth-order valence-electron chi connectivity index (χ4n) is 6.60. The molecule has 2 aromatic carbocycles. The Hall–Kier alpha value is -5.96. The zero-order chi connectivity index (χ0) is 42.7. The second-order valence-electron chi connectivity index (χ2n) is 15.0.